The van der Waals surface area contributed by atoms with Crippen LogP contribution >= 0.6 is 0 Å². The van der Waals surface area contributed by atoms with Gasteiger partial charge in [0.25, 0.3) is 0 Å². The zero-order valence-electron chi connectivity index (χ0n) is 17.1. The van der Waals surface area contributed by atoms with E-state index in [1.54, 1.807) is 0 Å². The summed E-state index contributed by atoms with van der Waals surface area (Å²) in [6.07, 6.45) is 5.38. The van der Waals surface area contributed by atoms with Gasteiger partial charge in [0.2, 0.25) is 0 Å². The van der Waals surface area contributed by atoms with Gasteiger partial charge in [0.15, 0.2) is 0 Å². The van der Waals surface area contributed by atoms with E-state index in [4.69, 9.17) is 9.31 Å². The lowest BCUT2D eigenvalue weighted by molar-refractivity contribution is 0.00578. The molecule has 1 aromatic heterocycles. The Morgan fingerprint density at radius 2 is 1.62 bits per heavy atom. The first-order chi connectivity index (χ1) is 12.2. The maximum atomic E-state index is 6.25. The molecule has 140 valence electrons. The van der Waals surface area contributed by atoms with E-state index in [1.807, 2.05) is 0 Å². The summed E-state index contributed by atoms with van der Waals surface area (Å²) in [4.78, 5) is 0. The van der Waals surface area contributed by atoms with Gasteiger partial charge in [-0.2, -0.15) is 0 Å². The van der Waals surface area contributed by atoms with Gasteiger partial charge in [0, 0.05) is 17.3 Å². The Kier molecular flexibility index (Phi) is 4.28. The Balaban J connectivity index is 1.74. The van der Waals surface area contributed by atoms with Crippen molar-refractivity contribution in [3.63, 3.8) is 0 Å². The highest BCUT2D eigenvalue weighted by atomic mass is 16.7. The van der Waals surface area contributed by atoms with E-state index >= 15 is 0 Å². The number of rotatable bonds is 3. The maximum absolute atomic E-state index is 6.25. The number of fused-ring (bicyclic) bond motifs is 1. The Hall–Kier alpha value is -1.26. The molecule has 1 aliphatic carbocycles. The lowest BCUT2D eigenvalue weighted by atomic mass is 9.78. The van der Waals surface area contributed by atoms with Crippen LogP contribution in [0.1, 0.15) is 84.9 Å². The Bertz CT molecular complexity index is 799. The predicted octanol–water partition coefficient (Wildman–Crippen LogP) is 5.18. The van der Waals surface area contributed by atoms with Gasteiger partial charge in [0.05, 0.1) is 11.2 Å². The molecule has 1 aromatic carbocycles. The molecule has 2 aliphatic rings. The number of aromatic nitrogens is 1. The largest absolute Gasteiger partial charge is 0.494 e. The second kappa shape index (κ2) is 6.14. The summed E-state index contributed by atoms with van der Waals surface area (Å²) in [5.74, 6) is 0.713. The summed E-state index contributed by atoms with van der Waals surface area (Å²) < 4.78 is 15.0. The van der Waals surface area contributed by atoms with Crippen molar-refractivity contribution in [2.75, 3.05) is 0 Å². The van der Waals surface area contributed by atoms with E-state index in [0.717, 1.165) is 5.46 Å². The van der Waals surface area contributed by atoms with Crippen molar-refractivity contribution >= 4 is 23.5 Å². The highest BCUT2D eigenvalue weighted by Gasteiger charge is 2.51. The average Bonchev–Trinajstić information content (AvgIpc) is 3.23. The normalized spacial score (nSPS) is 22.8. The molecule has 1 saturated carbocycles. The number of benzene rings is 1. The minimum absolute atomic E-state index is 0.290. The molecule has 3 nitrogen and oxygen atoms in total. The van der Waals surface area contributed by atoms with Gasteiger partial charge in [-0.05, 0) is 83.3 Å². The Morgan fingerprint density at radius 1 is 1.00 bits per heavy atom. The third-order valence-corrected chi connectivity index (χ3v) is 6.71. The molecule has 2 heterocycles. The first-order valence-corrected chi connectivity index (χ1v) is 10.2. The van der Waals surface area contributed by atoms with Crippen molar-refractivity contribution in [1.29, 1.82) is 0 Å². The van der Waals surface area contributed by atoms with Crippen LogP contribution in [0.3, 0.4) is 0 Å². The van der Waals surface area contributed by atoms with Crippen LogP contribution in [0.5, 0.6) is 0 Å². The van der Waals surface area contributed by atoms with E-state index in [0.29, 0.717) is 12.0 Å². The predicted molar refractivity (Wildman–Crippen MR) is 109 cm³/mol. The molecule has 0 radical (unpaired) electrons. The molecule has 4 heteroatoms. The first-order valence-electron chi connectivity index (χ1n) is 10.2. The van der Waals surface area contributed by atoms with E-state index < -0.39 is 0 Å². The van der Waals surface area contributed by atoms with Gasteiger partial charge in [-0.25, -0.2) is 0 Å². The zero-order valence-corrected chi connectivity index (χ0v) is 17.1. The summed E-state index contributed by atoms with van der Waals surface area (Å²) in [6, 6.07) is 9.61. The molecule has 2 aromatic rings. The maximum Gasteiger partial charge on any atom is 0.494 e. The molecule has 26 heavy (non-hydrogen) atoms. The van der Waals surface area contributed by atoms with Crippen LogP contribution in [0.2, 0.25) is 0 Å². The third-order valence-electron chi connectivity index (χ3n) is 6.71. The van der Waals surface area contributed by atoms with Crippen molar-refractivity contribution in [1.82, 2.24) is 4.57 Å². The van der Waals surface area contributed by atoms with E-state index in [2.05, 4.69) is 70.4 Å². The van der Waals surface area contributed by atoms with Crippen LogP contribution in [-0.2, 0) is 9.31 Å². The van der Waals surface area contributed by atoms with Gasteiger partial charge in [-0.1, -0.05) is 25.0 Å². The minimum atomic E-state index is -0.300. The van der Waals surface area contributed by atoms with Crippen molar-refractivity contribution in [2.24, 2.45) is 0 Å². The van der Waals surface area contributed by atoms with Crippen LogP contribution in [0.4, 0.5) is 0 Å². The lowest BCUT2D eigenvalue weighted by Gasteiger charge is -2.32. The molecule has 0 spiro atoms. The summed E-state index contributed by atoms with van der Waals surface area (Å²) in [5.41, 5.74) is 3.37. The molecule has 0 bridgehead atoms. The van der Waals surface area contributed by atoms with Crippen molar-refractivity contribution < 1.29 is 9.31 Å². The van der Waals surface area contributed by atoms with Gasteiger partial charge < -0.3 is 13.9 Å². The number of hydrogen-bond acceptors (Lipinski definition) is 2. The van der Waals surface area contributed by atoms with E-state index in [1.165, 1.54) is 42.3 Å². The van der Waals surface area contributed by atoms with Gasteiger partial charge in [-0.15, -0.1) is 0 Å². The summed E-state index contributed by atoms with van der Waals surface area (Å²) >= 11 is 0. The van der Waals surface area contributed by atoms with Crippen LogP contribution in [0, 0.1) is 0 Å². The SMILES string of the molecule is CC(C)n1c(C2CCCC2)cc2cc(B3OC(C)(C)C(C)(C)O3)ccc21. The second-order valence-corrected chi connectivity index (χ2v) is 9.42. The van der Waals surface area contributed by atoms with E-state index in [-0.39, 0.29) is 18.3 Å². The average molecular weight is 353 g/mol. The lowest BCUT2D eigenvalue weighted by Crippen LogP contribution is -2.41. The molecular weight excluding hydrogens is 321 g/mol. The van der Waals surface area contributed by atoms with Gasteiger partial charge >= 0.3 is 7.12 Å². The highest BCUT2D eigenvalue weighted by Crippen LogP contribution is 2.39. The fraction of sp³-hybridized carbons (Fsp3) is 0.636. The van der Waals surface area contributed by atoms with E-state index in [9.17, 15) is 0 Å². The Morgan fingerprint density at radius 3 is 2.19 bits per heavy atom. The number of nitrogens with zero attached hydrogens (tertiary/aromatic N) is 1. The fourth-order valence-corrected chi connectivity index (χ4v) is 4.51. The molecule has 4 rings (SSSR count). The summed E-state index contributed by atoms with van der Waals surface area (Å²) in [6.45, 7) is 13.0. The fourth-order valence-electron chi connectivity index (χ4n) is 4.51. The molecule has 0 N–H and O–H groups in total. The molecule has 1 aliphatic heterocycles. The molecule has 2 fully saturated rings. The standard InChI is InChI=1S/C22H32BNO2/c1-15(2)24-19-12-11-18(23-25-21(3,4)22(5,6)26-23)13-17(19)14-20(24)16-9-7-8-10-16/h11-16H,7-10H2,1-6H3. The summed E-state index contributed by atoms with van der Waals surface area (Å²) in [7, 11) is -0.290. The van der Waals surface area contributed by atoms with Crippen molar-refractivity contribution in [3.05, 3.63) is 30.0 Å². The van der Waals surface area contributed by atoms with Crippen molar-refractivity contribution in [2.45, 2.75) is 90.4 Å². The molecule has 0 atom stereocenters. The number of hydrogen-bond donors (Lipinski definition) is 0. The highest BCUT2D eigenvalue weighted by molar-refractivity contribution is 6.62. The quantitative estimate of drug-likeness (QED) is 0.710. The monoisotopic (exact) mass is 353 g/mol. The van der Waals surface area contributed by atoms with Gasteiger partial charge in [-0.3, -0.25) is 0 Å². The molecule has 0 amide bonds. The van der Waals surface area contributed by atoms with Crippen LogP contribution in [-0.4, -0.2) is 22.9 Å². The van der Waals surface area contributed by atoms with Crippen LogP contribution < -0.4 is 5.46 Å². The van der Waals surface area contributed by atoms with Crippen LogP contribution in [0.25, 0.3) is 10.9 Å². The first kappa shape index (κ1) is 18.1. The van der Waals surface area contributed by atoms with Gasteiger partial charge in [0.1, 0.15) is 0 Å². The van der Waals surface area contributed by atoms with Crippen LogP contribution in [0.15, 0.2) is 24.3 Å². The Labute approximate surface area is 158 Å². The summed E-state index contributed by atoms with van der Waals surface area (Å²) in [5, 5.41) is 1.31. The molecular formula is C22H32BNO2. The molecule has 1 saturated heterocycles. The molecule has 0 unspecified atom stereocenters. The topological polar surface area (TPSA) is 23.4 Å². The second-order valence-electron chi connectivity index (χ2n) is 9.42. The van der Waals surface area contributed by atoms with Crippen molar-refractivity contribution in [3.8, 4) is 0 Å². The third kappa shape index (κ3) is 2.82. The minimum Gasteiger partial charge on any atom is -0.399 e. The zero-order chi connectivity index (χ0) is 18.7. The smallest absolute Gasteiger partial charge is 0.399 e.